The molecular formula is C46H49NO8. The first kappa shape index (κ1) is 36.8. The lowest BCUT2D eigenvalue weighted by Crippen LogP contribution is -2.42. The van der Waals surface area contributed by atoms with Crippen LogP contribution in [0.3, 0.4) is 0 Å². The number of nitrogens with one attached hydrogen (secondary N) is 1. The summed E-state index contributed by atoms with van der Waals surface area (Å²) in [7, 11) is 3.05. The number of phenolic OH excluding ortho intramolecular Hbond substituents is 2. The van der Waals surface area contributed by atoms with Crippen LogP contribution in [0, 0.1) is 35.5 Å². The molecule has 2 heterocycles. The van der Waals surface area contributed by atoms with E-state index in [1.807, 2.05) is 18.2 Å². The molecule has 4 aliphatic rings. The molecule has 2 fully saturated rings. The molecule has 0 spiro atoms. The number of aromatic nitrogens is 1. The average Bonchev–Trinajstić information content (AvgIpc) is 3.48. The quantitative estimate of drug-likeness (QED) is 0.120. The Labute approximate surface area is 321 Å². The Balaban J connectivity index is 1.27. The average molecular weight is 744 g/mol. The van der Waals surface area contributed by atoms with E-state index in [0.717, 1.165) is 76.5 Å². The Morgan fingerprint density at radius 2 is 1.69 bits per heavy atom. The number of phenols is 2. The van der Waals surface area contributed by atoms with E-state index in [2.05, 4.69) is 35.0 Å². The fraction of sp³-hybridized carbons (Fsp3) is 0.435. The van der Waals surface area contributed by atoms with Crippen molar-refractivity contribution in [3.63, 3.8) is 0 Å². The summed E-state index contributed by atoms with van der Waals surface area (Å²) in [6, 6.07) is 17.0. The van der Waals surface area contributed by atoms with E-state index in [4.69, 9.17) is 14.2 Å². The van der Waals surface area contributed by atoms with Crippen molar-refractivity contribution in [2.24, 2.45) is 23.7 Å². The maximum absolute atomic E-state index is 14.6. The first-order valence-corrected chi connectivity index (χ1v) is 19.6. The molecule has 0 saturated heterocycles. The van der Waals surface area contributed by atoms with Gasteiger partial charge in [-0.3, -0.25) is 9.59 Å². The van der Waals surface area contributed by atoms with E-state index in [1.54, 1.807) is 31.4 Å². The van der Waals surface area contributed by atoms with Gasteiger partial charge in [0.1, 0.15) is 18.3 Å². The number of aromatic amines is 1. The van der Waals surface area contributed by atoms with Crippen molar-refractivity contribution >= 4 is 28.2 Å². The van der Waals surface area contributed by atoms with Crippen molar-refractivity contribution in [2.75, 3.05) is 14.2 Å². The van der Waals surface area contributed by atoms with Gasteiger partial charge in [0.2, 0.25) is 0 Å². The number of aromatic hydroxyl groups is 2. The second-order valence-corrected chi connectivity index (χ2v) is 15.8. The zero-order valence-electron chi connectivity index (χ0n) is 31.5. The van der Waals surface area contributed by atoms with Crippen LogP contribution < -0.4 is 9.47 Å². The number of allylic oxidation sites excluding steroid dienone is 1. The van der Waals surface area contributed by atoms with Crippen molar-refractivity contribution in [3.05, 3.63) is 88.6 Å². The van der Waals surface area contributed by atoms with Gasteiger partial charge in [-0.05, 0) is 127 Å². The van der Waals surface area contributed by atoms with E-state index >= 15 is 0 Å². The second-order valence-electron chi connectivity index (χ2n) is 15.8. The smallest absolute Gasteiger partial charge is 0.318 e. The molecule has 3 aliphatic carbocycles. The highest BCUT2D eigenvalue weighted by atomic mass is 16.5. The first-order valence-electron chi connectivity index (χ1n) is 19.6. The number of hydrogen-bond acceptors (Lipinski definition) is 8. The lowest BCUT2D eigenvalue weighted by atomic mass is 9.56. The topological polar surface area (TPSA) is 138 Å². The van der Waals surface area contributed by atoms with E-state index in [-0.39, 0.29) is 60.4 Å². The van der Waals surface area contributed by atoms with Gasteiger partial charge in [-0.25, -0.2) is 0 Å². The summed E-state index contributed by atoms with van der Waals surface area (Å²) in [5.41, 5.74) is 6.61. The summed E-state index contributed by atoms with van der Waals surface area (Å²) in [5.74, 6) is 7.31. The van der Waals surface area contributed by atoms with E-state index in [1.165, 1.54) is 7.11 Å². The molecule has 3 aromatic carbocycles. The molecule has 286 valence electrons. The van der Waals surface area contributed by atoms with Crippen LogP contribution in [0.4, 0.5) is 0 Å². The van der Waals surface area contributed by atoms with Gasteiger partial charge in [-0.1, -0.05) is 42.2 Å². The van der Waals surface area contributed by atoms with E-state index in [0.29, 0.717) is 42.6 Å². The van der Waals surface area contributed by atoms with Gasteiger partial charge in [0.05, 0.1) is 26.0 Å². The van der Waals surface area contributed by atoms with Crippen LogP contribution in [0.15, 0.2) is 60.7 Å². The van der Waals surface area contributed by atoms with Crippen molar-refractivity contribution in [1.82, 2.24) is 4.98 Å². The molecule has 8 rings (SSSR count). The van der Waals surface area contributed by atoms with E-state index in [9.17, 15) is 24.9 Å². The lowest BCUT2D eigenvalue weighted by molar-refractivity contribution is -0.149. The predicted octanol–water partition coefficient (Wildman–Crippen LogP) is 7.77. The van der Waals surface area contributed by atoms with Gasteiger partial charge >= 0.3 is 5.97 Å². The fourth-order valence-electron chi connectivity index (χ4n) is 10.2. The zero-order valence-corrected chi connectivity index (χ0v) is 31.5. The van der Waals surface area contributed by atoms with Gasteiger partial charge in [0, 0.05) is 35.7 Å². The highest BCUT2D eigenvalue weighted by Gasteiger charge is 2.48. The van der Waals surface area contributed by atoms with E-state index < -0.39 is 12.1 Å². The molecule has 0 unspecified atom stereocenters. The number of cyclic esters (lactones) is 1. The summed E-state index contributed by atoms with van der Waals surface area (Å²) in [6.45, 7) is 0. The molecule has 55 heavy (non-hydrogen) atoms. The molecule has 4 N–H and O–H groups in total. The second kappa shape index (κ2) is 15.5. The number of carbonyl (C=O) groups excluding carboxylic acids is 2. The number of H-pyrrole nitrogens is 1. The maximum atomic E-state index is 14.6. The highest BCUT2D eigenvalue weighted by Crippen LogP contribution is 2.57. The molecule has 2 saturated carbocycles. The number of ketones is 1. The predicted molar refractivity (Wildman–Crippen MR) is 209 cm³/mol. The number of aryl methyl sites for hydroxylation is 1. The van der Waals surface area contributed by atoms with Crippen LogP contribution in [-0.2, 0) is 27.2 Å². The summed E-state index contributed by atoms with van der Waals surface area (Å²) in [5, 5.41) is 33.3. The van der Waals surface area contributed by atoms with Gasteiger partial charge in [-0.15, -0.1) is 0 Å². The minimum absolute atomic E-state index is 0.00581. The Morgan fingerprint density at radius 3 is 2.53 bits per heavy atom. The van der Waals surface area contributed by atoms with Crippen LogP contribution in [0.25, 0.3) is 16.5 Å². The molecule has 1 aromatic heterocycles. The van der Waals surface area contributed by atoms with Gasteiger partial charge < -0.3 is 34.5 Å². The molecule has 2 bridgehead atoms. The number of fused-ring (bicyclic) bond motifs is 8. The van der Waals surface area contributed by atoms with Crippen LogP contribution in [-0.4, -0.2) is 58.5 Å². The molecule has 0 radical (unpaired) electrons. The zero-order chi connectivity index (χ0) is 38.2. The Morgan fingerprint density at radius 1 is 0.891 bits per heavy atom. The Kier molecular flexibility index (Phi) is 10.4. The van der Waals surface area contributed by atoms with Crippen LogP contribution in [0.2, 0.25) is 0 Å². The number of carbonyl (C=O) groups is 2. The van der Waals surface area contributed by atoms with Crippen LogP contribution in [0.1, 0.15) is 91.7 Å². The number of benzene rings is 3. The number of para-hydroxylation sites is 1. The monoisotopic (exact) mass is 743 g/mol. The molecule has 9 nitrogen and oxygen atoms in total. The standard InChI is InChI=1S/C46H49NO8/c1-53-42-19-26(12-18-40(42)50)11-16-31-22-30(49)23-37-36-25-43(54-2)41(51)24-35(36)38(21-28-14-13-27-20-29(48)15-17-32(27)45(28)37)46-34(8-4-6-10-44(52)55-31)33-7-3-5-9-39(33)47-46/h3,5,7,9,12,18-19,21,24-25,27-29,31-32,37,45,47-48,50-51H,8,10-11,13-17,20,22-23H2,1-2H3/t27-,28-,29+,31-,32-,37-,45-/m1/s1. The Bertz CT molecular complexity index is 2210. The first-order chi connectivity index (χ1) is 26.7. The number of hydrogen-bond donors (Lipinski definition) is 4. The third-order valence-corrected chi connectivity index (χ3v) is 12.7. The summed E-state index contributed by atoms with van der Waals surface area (Å²) >= 11 is 0. The normalized spacial score (nSPS) is 26.6. The summed E-state index contributed by atoms with van der Waals surface area (Å²) in [4.78, 5) is 31.6. The van der Waals surface area contributed by atoms with Crippen molar-refractivity contribution < 1.29 is 39.1 Å². The maximum Gasteiger partial charge on any atom is 0.318 e. The molecule has 4 aromatic rings. The molecule has 1 aliphatic heterocycles. The van der Waals surface area contributed by atoms with Crippen LogP contribution in [0.5, 0.6) is 23.0 Å². The summed E-state index contributed by atoms with van der Waals surface area (Å²) < 4.78 is 17.1. The minimum Gasteiger partial charge on any atom is -0.504 e. The molecular weight excluding hydrogens is 695 g/mol. The number of esters is 1. The van der Waals surface area contributed by atoms with Crippen molar-refractivity contribution in [2.45, 2.75) is 88.8 Å². The van der Waals surface area contributed by atoms with Gasteiger partial charge in [-0.2, -0.15) is 0 Å². The number of aliphatic hydroxyl groups is 1. The molecule has 7 atom stereocenters. The number of ether oxygens (including phenoxy) is 3. The number of aliphatic hydroxyl groups excluding tert-OH is 1. The third kappa shape index (κ3) is 7.32. The van der Waals surface area contributed by atoms with Gasteiger partial charge in [0.25, 0.3) is 0 Å². The Hall–Kier alpha value is -5.20. The largest absolute Gasteiger partial charge is 0.504 e. The number of rotatable bonds is 5. The fourth-order valence-corrected chi connectivity index (χ4v) is 10.2. The van der Waals surface area contributed by atoms with Crippen molar-refractivity contribution in [3.8, 4) is 34.8 Å². The summed E-state index contributed by atoms with van der Waals surface area (Å²) in [6.07, 6.45) is 7.19. The number of methoxy groups -OCH3 is 2. The SMILES string of the molecule is COc1cc(CC[C@@H]2CC(=O)C[C@@H]3c4cc(OC)c(O)cc4C(=C[C@H]4CC[C@@H]5C[C@@H](O)CC[C@H]5[C@H]34)c3[nH]c4ccccc4c3CC#CCC(=O)O2)ccc1O. The van der Waals surface area contributed by atoms with Gasteiger partial charge in [0.15, 0.2) is 23.0 Å². The minimum atomic E-state index is -0.678. The number of Topliss-reactive ketones (excluding diaryl/α,β-unsaturated/α-hetero) is 1. The third-order valence-electron chi connectivity index (χ3n) is 12.7. The molecule has 9 heteroatoms. The highest BCUT2D eigenvalue weighted by molar-refractivity contribution is 5.94. The van der Waals surface area contributed by atoms with Crippen LogP contribution >= 0.6 is 0 Å². The lowest BCUT2D eigenvalue weighted by Gasteiger charge is -2.49. The van der Waals surface area contributed by atoms with Crippen molar-refractivity contribution in [1.29, 1.82) is 0 Å². The molecule has 0 amide bonds.